The zero-order valence-corrected chi connectivity index (χ0v) is 10.8. The average Bonchev–Trinajstić information content (AvgIpc) is 2.40. The van der Waals surface area contributed by atoms with Gasteiger partial charge in [0.2, 0.25) is 0 Å². The maximum Gasteiger partial charge on any atom is 0.123 e. The van der Waals surface area contributed by atoms with Gasteiger partial charge in [-0.2, -0.15) is 0 Å². The van der Waals surface area contributed by atoms with Crippen LogP contribution in [0.25, 0.3) is 0 Å². The average molecular weight is 255 g/mol. The molecule has 4 heteroatoms. The van der Waals surface area contributed by atoms with Crippen LogP contribution in [-0.4, -0.2) is 29.5 Å². The highest BCUT2D eigenvalue weighted by Gasteiger charge is 2.12. The normalized spacial score (nSPS) is 14.4. The lowest BCUT2D eigenvalue weighted by Gasteiger charge is -2.20. The van der Waals surface area contributed by atoms with Crippen LogP contribution in [0, 0.1) is 5.82 Å². The summed E-state index contributed by atoms with van der Waals surface area (Å²) >= 11 is 0. The fraction of sp³-hybridized carbons (Fsp3) is 0.571. The molecule has 1 aromatic carbocycles. The Morgan fingerprint density at radius 2 is 1.94 bits per heavy atom. The Balaban J connectivity index is 2.62. The maximum absolute atomic E-state index is 12.9. The van der Waals surface area contributed by atoms with Gasteiger partial charge in [-0.05, 0) is 24.1 Å². The summed E-state index contributed by atoms with van der Waals surface area (Å²) in [5, 5.41) is 21.4. The molecule has 0 fully saturated rings. The molecule has 0 spiro atoms. The van der Waals surface area contributed by atoms with E-state index in [0.29, 0.717) is 6.54 Å². The fourth-order valence-corrected chi connectivity index (χ4v) is 1.83. The van der Waals surface area contributed by atoms with E-state index in [1.807, 2.05) is 0 Å². The first kappa shape index (κ1) is 15.1. The molecule has 0 heterocycles. The zero-order chi connectivity index (χ0) is 13.4. The quantitative estimate of drug-likeness (QED) is 0.666. The largest absolute Gasteiger partial charge is 0.394 e. The molecule has 1 aromatic rings. The van der Waals surface area contributed by atoms with Crippen molar-refractivity contribution in [3.05, 3.63) is 35.6 Å². The highest BCUT2D eigenvalue weighted by molar-refractivity contribution is 5.19. The summed E-state index contributed by atoms with van der Waals surface area (Å²) in [5.74, 6) is -0.247. The van der Waals surface area contributed by atoms with Gasteiger partial charge >= 0.3 is 0 Å². The van der Waals surface area contributed by atoms with Gasteiger partial charge in [0.05, 0.1) is 12.7 Å². The Morgan fingerprint density at radius 3 is 2.50 bits per heavy atom. The molecule has 0 amide bonds. The second-order valence-corrected chi connectivity index (χ2v) is 4.49. The van der Waals surface area contributed by atoms with E-state index in [2.05, 4.69) is 12.2 Å². The van der Waals surface area contributed by atoms with E-state index < -0.39 is 6.10 Å². The highest BCUT2D eigenvalue weighted by atomic mass is 19.1. The molecule has 2 unspecified atom stereocenters. The van der Waals surface area contributed by atoms with Crippen molar-refractivity contribution in [2.75, 3.05) is 13.2 Å². The molecule has 0 radical (unpaired) electrons. The first-order chi connectivity index (χ1) is 8.67. The van der Waals surface area contributed by atoms with Crippen molar-refractivity contribution in [1.82, 2.24) is 5.32 Å². The van der Waals surface area contributed by atoms with E-state index in [9.17, 15) is 9.50 Å². The summed E-state index contributed by atoms with van der Waals surface area (Å²) in [6, 6.07) is 6.49. The Bertz CT molecular complexity index is 329. The first-order valence-corrected chi connectivity index (χ1v) is 6.45. The van der Waals surface area contributed by atoms with E-state index in [1.54, 1.807) is 12.1 Å². The molecule has 0 aliphatic heterocycles. The van der Waals surface area contributed by atoms with Gasteiger partial charge in [0.15, 0.2) is 0 Å². The number of aliphatic hydroxyl groups excluding tert-OH is 2. The molecule has 102 valence electrons. The second kappa shape index (κ2) is 8.19. The molecule has 0 saturated heterocycles. The molecule has 2 atom stereocenters. The molecule has 3 nitrogen and oxygen atoms in total. The fourth-order valence-electron chi connectivity index (χ4n) is 1.83. The standard InChI is InChI=1S/C14H22FNO2/c1-2-3-4-14(16-9-13(18)10-17)11-5-7-12(15)8-6-11/h5-8,13-14,16-18H,2-4,9-10H2,1H3. The Hall–Kier alpha value is -0.970. The highest BCUT2D eigenvalue weighted by Crippen LogP contribution is 2.19. The van der Waals surface area contributed by atoms with Gasteiger partial charge in [-0.1, -0.05) is 31.9 Å². The molecule has 3 N–H and O–H groups in total. The number of unbranched alkanes of at least 4 members (excludes halogenated alkanes) is 1. The van der Waals surface area contributed by atoms with Crippen LogP contribution >= 0.6 is 0 Å². The molecule has 0 saturated carbocycles. The summed E-state index contributed by atoms with van der Waals surface area (Å²) < 4.78 is 12.9. The van der Waals surface area contributed by atoms with Gasteiger partial charge in [-0.25, -0.2) is 4.39 Å². The third-order valence-electron chi connectivity index (χ3n) is 2.93. The van der Waals surface area contributed by atoms with Crippen molar-refractivity contribution < 1.29 is 14.6 Å². The lowest BCUT2D eigenvalue weighted by molar-refractivity contribution is 0.0914. The van der Waals surface area contributed by atoms with E-state index in [1.165, 1.54) is 12.1 Å². The van der Waals surface area contributed by atoms with E-state index >= 15 is 0 Å². The van der Waals surface area contributed by atoms with Crippen LogP contribution in [0.15, 0.2) is 24.3 Å². The van der Waals surface area contributed by atoms with E-state index in [0.717, 1.165) is 24.8 Å². The van der Waals surface area contributed by atoms with Gasteiger partial charge in [0.25, 0.3) is 0 Å². The van der Waals surface area contributed by atoms with Crippen LogP contribution in [0.1, 0.15) is 37.8 Å². The monoisotopic (exact) mass is 255 g/mol. The topological polar surface area (TPSA) is 52.5 Å². The summed E-state index contributed by atoms with van der Waals surface area (Å²) in [6.45, 7) is 2.20. The maximum atomic E-state index is 12.9. The van der Waals surface area contributed by atoms with Crippen LogP contribution in [-0.2, 0) is 0 Å². The van der Waals surface area contributed by atoms with Crippen molar-refractivity contribution >= 4 is 0 Å². The lowest BCUT2D eigenvalue weighted by Crippen LogP contribution is -2.32. The van der Waals surface area contributed by atoms with Crippen LogP contribution in [0.5, 0.6) is 0 Å². The SMILES string of the molecule is CCCCC(NCC(O)CO)c1ccc(F)cc1. The van der Waals surface area contributed by atoms with E-state index in [4.69, 9.17) is 5.11 Å². The number of aliphatic hydroxyl groups is 2. The summed E-state index contributed by atoms with van der Waals surface area (Å²) in [6.07, 6.45) is 2.32. The number of hydrogen-bond acceptors (Lipinski definition) is 3. The number of rotatable bonds is 8. The van der Waals surface area contributed by atoms with Crippen molar-refractivity contribution in [3.8, 4) is 0 Å². The van der Waals surface area contributed by atoms with Crippen LogP contribution in [0.2, 0.25) is 0 Å². The van der Waals surface area contributed by atoms with Crippen molar-refractivity contribution in [2.24, 2.45) is 0 Å². The van der Waals surface area contributed by atoms with E-state index in [-0.39, 0.29) is 18.5 Å². The van der Waals surface area contributed by atoms with Crippen LogP contribution < -0.4 is 5.32 Å². The predicted molar refractivity (Wildman–Crippen MR) is 69.8 cm³/mol. The number of benzene rings is 1. The lowest BCUT2D eigenvalue weighted by atomic mass is 10.0. The van der Waals surface area contributed by atoms with Gasteiger partial charge < -0.3 is 15.5 Å². The summed E-state index contributed by atoms with van der Waals surface area (Å²) in [5.41, 5.74) is 1.01. The third kappa shape index (κ3) is 5.12. The first-order valence-electron chi connectivity index (χ1n) is 6.45. The Morgan fingerprint density at radius 1 is 1.28 bits per heavy atom. The minimum Gasteiger partial charge on any atom is -0.394 e. The predicted octanol–water partition coefficient (Wildman–Crippen LogP) is 2.00. The Kier molecular flexibility index (Phi) is 6.86. The molecule has 0 aliphatic carbocycles. The smallest absolute Gasteiger partial charge is 0.123 e. The van der Waals surface area contributed by atoms with Crippen LogP contribution in [0.3, 0.4) is 0 Å². The van der Waals surface area contributed by atoms with Gasteiger partial charge in [-0.15, -0.1) is 0 Å². The summed E-state index contributed by atoms with van der Waals surface area (Å²) in [7, 11) is 0. The molecule has 0 aliphatic rings. The third-order valence-corrected chi connectivity index (χ3v) is 2.93. The van der Waals surface area contributed by atoms with Gasteiger partial charge in [0.1, 0.15) is 5.82 Å². The van der Waals surface area contributed by atoms with Crippen molar-refractivity contribution in [2.45, 2.75) is 38.3 Å². The molecule has 18 heavy (non-hydrogen) atoms. The molecule has 0 bridgehead atoms. The number of nitrogens with one attached hydrogen (secondary N) is 1. The minimum atomic E-state index is -0.755. The Labute approximate surface area is 108 Å². The molecule has 0 aromatic heterocycles. The van der Waals surface area contributed by atoms with Crippen LogP contribution in [0.4, 0.5) is 4.39 Å². The van der Waals surface area contributed by atoms with Gasteiger partial charge in [-0.3, -0.25) is 0 Å². The van der Waals surface area contributed by atoms with Crippen molar-refractivity contribution in [1.29, 1.82) is 0 Å². The molecular formula is C14H22FNO2. The zero-order valence-electron chi connectivity index (χ0n) is 10.8. The van der Waals surface area contributed by atoms with Crippen molar-refractivity contribution in [3.63, 3.8) is 0 Å². The number of halogens is 1. The van der Waals surface area contributed by atoms with Gasteiger partial charge in [0, 0.05) is 12.6 Å². The molecular weight excluding hydrogens is 233 g/mol. The summed E-state index contributed by atoms with van der Waals surface area (Å²) in [4.78, 5) is 0. The minimum absolute atomic E-state index is 0.0896. The molecule has 1 rings (SSSR count). The number of hydrogen-bond donors (Lipinski definition) is 3. The second-order valence-electron chi connectivity index (χ2n) is 4.49.